The lowest BCUT2D eigenvalue weighted by Crippen LogP contribution is -2.27. The van der Waals surface area contributed by atoms with Crippen molar-refractivity contribution in [1.82, 2.24) is 4.98 Å². The summed E-state index contributed by atoms with van der Waals surface area (Å²) in [5.41, 5.74) is 0.554. The average molecular weight is 260 g/mol. The number of fused-ring (bicyclic) bond motifs is 2. The molecule has 100 valence electrons. The van der Waals surface area contributed by atoms with Crippen molar-refractivity contribution in [3.05, 3.63) is 24.0 Å². The van der Waals surface area contributed by atoms with Crippen molar-refractivity contribution >= 4 is 17.6 Å². The van der Waals surface area contributed by atoms with Crippen LogP contribution in [0.25, 0.3) is 0 Å². The van der Waals surface area contributed by atoms with E-state index in [-0.39, 0.29) is 17.4 Å². The van der Waals surface area contributed by atoms with Crippen molar-refractivity contribution in [1.29, 1.82) is 0 Å². The van der Waals surface area contributed by atoms with E-state index in [1.165, 1.54) is 31.3 Å². The minimum atomic E-state index is -1.04. The first-order chi connectivity index (χ1) is 9.13. The molecule has 5 heteroatoms. The quantitative estimate of drug-likeness (QED) is 0.872. The van der Waals surface area contributed by atoms with Crippen molar-refractivity contribution in [2.24, 2.45) is 17.8 Å². The lowest BCUT2D eigenvalue weighted by molar-refractivity contribution is -0.121. The largest absolute Gasteiger partial charge is 0.478 e. The van der Waals surface area contributed by atoms with Crippen LogP contribution in [0.1, 0.15) is 36.0 Å². The Kier molecular flexibility index (Phi) is 2.97. The van der Waals surface area contributed by atoms with Crippen molar-refractivity contribution < 1.29 is 14.7 Å². The number of carboxylic acid groups (broad SMARTS) is 1. The number of rotatable bonds is 3. The van der Waals surface area contributed by atoms with E-state index in [1.54, 1.807) is 0 Å². The minimum Gasteiger partial charge on any atom is -0.478 e. The third-order valence-electron chi connectivity index (χ3n) is 4.33. The Bertz CT molecular complexity index is 529. The molecule has 2 bridgehead atoms. The Labute approximate surface area is 111 Å². The second-order valence-electron chi connectivity index (χ2n) is 5.54. The van der Waals surface area contributed by atoms with Gasteiger partial charge in [0, 0.05) is 12.1 Å². The molecule has 5 nitrogen and oxygen atoms in total. The van der Waals surface area contributed by atoms with E-state index in [9.17, 15) is 9.59 Å². The standard InChI is InChI=1S/C14H16N2O3/c17-13(12-4-8-1-2-9(12)3-8)16-11-5-10(14(18)19)6-15-7-11/h5-9,12H,1-4H2,(H,16,17)(H,18,19). The molecule has 1 aromatic heterocycles. The first-order valence-electron chi connectivity index (χ1n) is 6.62. The number of aromatic nitrogens is 1. The molecule has 0 saturated heterocycles. The molecule has 1 aromatic rings. The van der Waals surface area contributed by atoms with Crippen LogP contribution < -0.4 is 5.32 Å². The molecule has 19 heavy (non-hydrogen) atoms. The topological polar surface area (TPSA) is 79.3 Å². The van der Waals surface area contributed by atoms with E-state index in [1.807, 2.05) is 0 Å². The zero-order valence-electron chi connectivity index (χ0n) is 10.5. The molecule has 3 unspecified atom stereocenters. The van der Waals surface area contributed by atoms with Crippen LogP contribution in [0.15, 0.2) is 18.5 Å². The van der Waals surface area contributed by atoms with Crippen molar-refractivity contribution in [3.63, 3.8) is 0 Å². The summed E-state index contributed by atoms with van der Waals surface area (Å²) in [6.07, 6.45) is 7.31. The Morgan fingerprint density at radius 2 is 2.11 bits per heavy atom. The SMILES string of the molecule is O=C(O)c1cncc(NC(=O)C2CC3CCC2C3)c1. The molecule has 3 atom stereocenters. The third kappa shape index (κ3) is 2.32. The van der Waals surface area contributed by atoms with Crippen LogP contribution in [0.5, 0.6) is 0 Å². The summed E-state index contributed by atoms with van der Waals surface area (Å²) < 4.78 is 0. The van der Waals surface area contributed by atoms with E-state index in [2.05, 4.69) is 10.3 Å². The van der Waals surface area contributed by atoms with Gasteiger partial charge >= 0.3 is 5.97 Å². The first-order valence-corrected chi connectivity index (χ1v) is 6.62. The number of pyridine rings is 1. The smallest absolute Gasteiger partial charge is 0.337 e. The number of amides is 1. The molecule has 0 aliphatic heterocycles. The fourth-order valence-electron chi connectivity index (χ4n) is 3.43. The van der Waals surface area contributed by atoms with Gasteiger partial charge in [0.05, 0.1) is 17.4 Å². The van der Waals surface area contributed by atoms with Crippen LogP contribution in [0.2, 0.25) is 0 Å². The van der Waals surface area contributed by atoms with Crippen LogP contribution in [0.4, 0.5) is 5.69 Å². The van der Waals surface area contributed by atoms with Gasteiger partial charge in [-0.05, 0) is 37.2 Å². The zero-order chi connectivity index (χ0) is 13.4. The van der Waals surface area contributed by atoms with Gasteiger partial charge in [0.15, 0.2) is 0 Å². The number of anilines is 1. The van der Waals surface area contributed by atoms with Crippen LogP contribution in [0, 0.1) is 17.8 Å². The molecule has 0 aromatic carbocycles. The van der Waals surface area contributed by atoms with Gasteiger partial charge in [-0.1, -0.05) is 6.42 Å². The van der Waals surface area contributed by atoms with Crippen LogP contribution in [0.3, 0.4) is 0 Å². The van der Waals surface area contributed by atoms with E-state index >= 15 is 0 Å². The van der Waals surface area contributed by atoms with Crippen molar-refractivity contribution in [2.45, 2.75) is 25.7 Å². The normalized spacial score (nSPS) is 28.3. The third-order valence-corrected chi connectivity index (χ3v) is 4.33. The number of carboxylic acids is 1. The van der Waals surface area contributed by atoms with Crippen LogP contribution in [-0.2, 0) is 4.79 Å². The highest BCUT2D eigenvalue weighted by atomic mass is 16.4. The van der Waals surface area contributed by atoms with Gasteiger partial charge < -0.3 is 10.4 Å². The van der Waals surface area contributed by atoms with Crippen molar-refractivity contribution in [3.8, 4) is 0 Å². The second-order valence-corrected chi connectivity index (χ2v) is 5.54. The van der Waals surface area contributed by atoms with Gasteiger partial charge in [-0.3, -0.25) is 9.78 Å². The van der Waals surface area contributed by atoms with E-state index < -0.39 is 5.97 Å². The molecule has 1 amide bonds. The summed E-state index contributed by atoms with van der Waals surface area (Å²) in [4.78, 5) is 26.9. The molecule has 2 fully saturated rings. The maximum Gasteiger partial charge on any atom is 0.337 e. The molecule has 3 rings (SSSR count). The van der Waals surface area contributed by atoms with E-state index in [0.29, 0.717) is 17.5 Å². The molecule has 2 N–H and O–H groups in total. The monoisotopic (exact) mass is 260 g/mol. The molecule has 2 saturated carbocycles. The summed E-state index contributed by atoms with van der Waals surface area (Å²) in [6, 6.07) is 1.44. The number of carbonyl (C=O) groups is 2. The molecule has 0 spiro atoms. The molecular weight excluding hydrogens is 244 g/mol. The van der Waals surface area contributed by atoms with Gasteiger partial charge in [-0.2, -0.15) is 0 Å². The second kappa shape index (κ2) is 4.64. The zero-order valence-corrected chi connectivity index (χ0v) is 10.5. The minimum absolute atomic E-state index is 0.0107. The van der Waals surface area contributed by atoms with E-state index in [4.69, 9.17) is 5.11 Å². The van der Waals surface area contributed by atoms with Gasteiger partial charge in [-0.15, -0.1) is 0 Å². The molecule has 2 aliphatic carbocycles. The van der Waals surface area contributed by atoms with Gasteiger partial charge in [0.25, 0.3) is 0 Å². The summed E-state index contributed by atoms with van der Waals surface area (Å²) in [7, 11) is 0. The fraction of sp³-hybridized carbons (Fsp3) is 0.500. The first kappa shape index (κ1) is 12.1. The van der Waals surface area contributed by atoms with Crippen LogP contribution >= 0.6 is 0 Å². The highest BCUT2D eigenvalue weighted by molar-refractivity contribution is 5.95. The highest BCUT2D eigenvalue weighted by Crippen LogP contribution is 2.48. The number of nitrogens with zero attached hydrogens (tertiary/aromatic N) is 1. The van der Waals surface area contributed by atoms with Gasteiger partial charge in [0.2, 0.25) is 5.91 Å². The average Bonchev–Trinajstić information content (AvgIpc) is 3.01. The summed E-state index contributed by atoms with van der Waals surface area (Å²) in [5.74, 6) is 0.289. The summed E-state index contributed by atoms with van der Waals surface area (Å²) in [5, 5.41) is 11.7. The molecule has 2 aliphatic rings. The number of hydrogen-bond acceptors (Lipinski definition) is 3. The maximum atomic E-state index is 12.2. The number of nitrogens with one attached hydrogen (secondary N) is 1. The lowest BCUT2D eigenvalue weighted by atomic mass is 9.88. The highest BCUT2D eigenvalue weighted by Gasteiger charge is 2.43. The Balaban J connectivity index is 1.69. The number of aromatic carboxylic acids is 1. The number of hydrogen-bond donors (Lipinski definition) is 2. The van der Waals surface area contributed by atoms with E-state index in [0.717, 1.165) is 12.8 Å². The van der Waals surface area contributed by atoms with Gasteiger partial charge in [0.1, 0.15) is 0 Å². The Morgan fingerprint density at radius 3 is 2.74 bits per heavy atom. The Hall–Kier alpha value is -1.91. The lowest BCUT2D eigenvalue weighted by Gasteiger charge is -2.20. The predicted molar refractivity (Wildman–Crippen MR) is 68.8 cm³/mol. The fourth-order valence-corrected chi connectivity index (χ4v) is 3.43. The van der Waals surface area contributed by atoms with Gasteiger partial charge in [-0.25, -0.2) is 4.79 Å². The summed E-state index contributed by atoms with van der Waals surface area (Å²) >= 11 is 0. The Morgan fingerprint density at radius 1 is 1.26 bits per heavy atom. The molecular formula is C14H16N2O3. The van der Waals surface area contributed by atoms with Crippen molar-refractivity contribution in [2.75, 3.05) is 5.32 Å². The molecule has 0 radical (unpaired) electrons. The molecule has 1 heterocycles. The summed E-state index contributed by atoms with van der Waals surface area (Å²) in [6.45, 7) is 0. The maximum absolute atomic E-state index is 12.2. The van der Waals surface area contributed by atoms with Crippen LogP contribution in [-0.4, -0.2) is 22.0 Å². The number of carbonyl (C=O) groups excluding carboxylic acids is 1. The predicted octanol–water partition coefficient (Wildman–Crippen LogP) is 2.15.